The van der Waals surface area contributed by atoms with Crippen molar-refractivity contribution in [3.8, 4) is 0 Å². The molecule has 0 saturated heterocycles. The fourth-order valence-corrected chi connectivity index (χ4v) is 1.36. The van der Waals surface area contributed by atoms with Crippen molar-refractivity contribution in [2.24, 2.45) is 0 Å². The van der Waals surface area contributed by atoms with Crippen LogP contribution in [0.25, 0.3) is 0 Å². The molecule has 0 fully saturated rings. The number of aromatic nitrogens is 1. The van der Waals surface area contributed by atoms with E-state index < -0.39 is 11.7 Å². The largest absolute Gasteiger partial charge is 0.416 e. The van der Waals surface area contributed by atoms with E-state index in [4.69, 9.17) is 16.3 Å². The highest BCUT2D eigenvalue weighted by molar-refractivity contribution is 6.17. The summed E-state index contributed by atoms with van der Waals surface area (Å²) in [5.74, 6) is 0.643. The number of hydrogen-bond donors (Lipinski definition) is 1. The Morgan fingerprint density at radius 2 is 2.11 bits per heavy atom. The number of alkyl halides is 4. The Labute approximate surface area is 108 Å². The van der Waals surface area contributed by atoms with Gasteiger partial charge in [-0.2, -0.15) is 13.2 Å². The predicted molar refractivity (Wildman–Crippen MR) is 63.9 cm³/mol. The summed E-state index contributed by atoms with van der Waals surface area (Å²) in [6.07, 6.45) is -2.53. The Morgan fingerprint density at radius 1 is 1.33 bits per heavy atom. The molecule has 0 amide bonds. The number of halogens is 4. The first-order valence-corrected chi connectivity index (χ1v) is 5.98. The molecule has 0 bridgehead atoms. The van der Waals surface area contributed by atoms with Crippen LogP contribution >= 0.6 is 11.6 Å². The van der Waals surface area contributed by atoms with Crippen molar-refractivity contribution < 1.29 is 17.9 Å². The van der Waals surface area contributed by atoms with Crippen LogP contribution in [0.2, 0.25) is 0 Å². The van der Waals surface area contributed by atoms with Crippen LogP contribution in [0.5, 0.6) is 0 Å². The summed E-state index contributed by atoms with van der Waals surface area (Å²) in [4.78, 5) is 3.81. The normalized spacial score (nSPS) is 11.6. The van der Waals surface area contributed by atoms with Crippen molar-refractivity contribution in [2.75, 3.05) is 31.0 Å². The maximum Gasteiger partial charge on any atom is 0.416 e. The van der Waals surface area contributed by atoms with Crippen molar-refractivity contribution >= 4 is 17.4 Å². The van der Waals surface area contributed by atoms with E-state index in [0.717, 1.165) is 18.3 Å². The van der Waals surface area contributed by atoms with Crippen LogP contribution < -0.4 is 5.32 Å². The van der Waals surface area contributed by atoms with Crippen molar-refractivity contribution in [3.05, 3.63) is 23.9 Å². The monoisotopic (exact) mass is 282 g/mol. The van der Waals surface area contributed by atoms with E-state index in [9.17, 15) is 13.2 Å². The highest BCUT2D eigenvalue weighted by Crippen LogP contribution is 2.29. The first-order chi connectivity index (χ1) is 8.54. The van der Waals surface area contributed by atoms with Gasteiger partial charge in [0.25, 0.3) is 0 Å². The standard InChI is InChI=1S/C11H14ClF3N2O/c12-3-7-18-6-1-4-16-10-8-9(2-5-17-10)11(13,14)15/h2,5,8H,1,3-4,6-7H2,(H,16,17). The molecule has 1 N–H and O–H groups in total. The molecule has 18 heavy (non-hydrogen) atoms. The van der Waals surface area contributed by atoms with Gasteiger partial charge in [-0.05, 0) is 18.6 Å². The molecule has 0 aliphatic rings. The molecule has 0 aliphatic carbocycles. The minimum Gasteiger partial charge on any atom is -0.380 e. The quantitative estimate of drug-likeness (QED) is 0.616. The lowest BCUT2D eigenvalue weighted by atomic mass is 10.2. The van der Waals surface area contributed by atoms with Gasteiger partial charge in [-0.3, -0.25) is 0 Å². The number of rotatable bonds is 7. The Bertz CT molecular complexity index is 360. The average Bonchev–Trinajstić information content (AvgIpc) is 2.33. The Balaban J connectivity index is 2.34. The third-order valence-corrected chi connectivity index (χ3v) is 2.23. The van der Waals surface area contributed by atoms with Crippen LogP contribution in [-0.4, -0.2) is 30.6 Å². The molecule has 0 aliphatic heterocycles. The predicted octanol–water partition coefficient (Wildman–Crippen LogP) is 3.16. The van der Waals surface area contributed by atoms with Gasteiger partial charge in [-0.25, -0.2) is 4.98 Å². The van der Waals surface area contributed by atoms with Gasteiger partial charge in [0, 0.05) is 25.2 Å². The molecule has 0 spiro atoms. The van der Waals surface area contributed by atoms with Crippen molar-refractivity contribution in [2.45, 2.75) is 12.6 Å². The second-order valence-corrected chi connectivity index (χ2v) is 3.89. The summed E-state index contributed by atoms with van der Waals surface area (Å²) in [5, 5.41) is 2.81. The molecule has 0 aromatic carbocycles. The zero-order chi connectivity index (χ0) is 13.4. The first kappa shape index (κ1) is 15.0. The number of nitrogens with zero attached hydrogens (tertiary/aromatic N) is 1. The fourth-order valence-electron chi connectivity index (χ4n) is 1.25. The molecule has 1 aromatic rings. The number of pyridine rings is 1. The van der Waals surface area contributed by atoms with Gasteiger partial charge in [0.05, 0.1) is 12.2 Å². The highest BCUT2D eigenvalue weighted by Gasteiger charge is 2.30. The van der Waals surface area contributed by atoms with E-state index in [1.807, 2.05) is 0 Å². The lowest BCUT2D eigenvalue weighted by Gasteiger charge is -2.09. The SMILES string of the molecule is FC(F)(F)c1ccnc(NCCCOCCCl)c1. The molecule has 0 radical (unpaired) electrons. The van der Waals surface area contributed by atoms with Crippen LogP contribution in [-0.2, 0) is 10.9 Å². The van der Waals surface area contributed by atoms with E-state index in [1.54, 1.807) is 0 Å². The first-order valence-electron chi connectivity index (χ1n) is 5.45. The van der Waals surface area contributed by atoms with Gasteiger partial charge < -0.3 is 10.1 Å². The molecule has 3 nitrogen and oxygen atoms in total. The van der Waals surface area contributed by atoms with Crippen LogP contribution in [0.1, 0.15) is 12.0 Å². The van der Waals surface area contributed by atoms with Crippen molar-refractivity contribution in [3.63, 3.8) is 0 Å². The number of ether oxygens (including phenoxy) is 1. The average molecular weight is 283 g/mol. The zero-order valence-corrected chi connectivity index (χ0v) is 10.4. The highest BCUT2D eigenvalue weighted by atomic mass is 35.5. The zero-order valence-electron chi connectivity index (χ0n) is 9.63. The van der Waals surface area contributed by atoms with Crippen molar-refractivity contribution in [1.29, 1.82) is 0 Å². The van der Waals surface area contributed by atoms with Gasteiger partial charge in [0.15, 0.2) is 0 Å². The molecule has 1 rings (SSSR count). The molecular formula is C11H14ClF3N2O. The number of anilines is 1. The van der Waals surface area contributed by atoms with Gasteiger partial charge >= 0.3 is 6.18 Å². The minimum atomic E-state index is -4.34. The van der Waals surface area contributed by atoms with E-state index in [-0.39, 0.29) is 5.82 Å². The molecule has 0 saturated carbocycles. The summed E-state index contributed by atoms with van der Waals surface area (Å²) < 4.78 is 42.3. The molecular weight excluding hydrogens is 269 g/mol. The third-order valence-electron chi connectivity index (χ3n) is 2.08. The maximum absolute atomic E-state index is 12.4. The summed E-state index contributed by atoms with van der Waals surface area (Å²) in [7, 11) is 0. The second-order valence-electron chi connectivity index (χ2n) is 3.51. The van der Waals surface area contributed by atoms with Crippen LogP contribution in [0, 0.1) is 0 Å². The summed E-state index contributed by atoms with van der Waals surface area (Å²) in [6, 6.07) is 1.92. The molecule has 0 atom stereocenters. The molecule has 1 aromatic heterocycles. The topological polar surface area (TPSA) is 34.2 Å². The second kappa shape index (κ2) is 7.43. The van der Waals surface area contributed by atoms with Gasteiger partial charge in [-0.1, -0.05) is 0 Å². The third kappa shape index (κ3) is 5.55. The van der Waals surface area contributed by atoms with Crippen LogP contribution in [0.15, 0.2) is 18.3 Å². The summed E-state index contributed by atoms with van der Waals surface area (Å²) in [5.41, 5.74) is -0.710. The van der Waals surface area contributed by atoms with Crippen LogP contribution in [0.3, 0.4) is 0 Å². The van der Waals surface area contributed by atoms with E-state index in [1.165, 1.54) is 0 Å². The smallest absolute Gasteiger partial charge is 0.380 e. The Hall–Kier alpha value is -1.01. The molecule has 0 unspecified atom stereocenters. The minimum absolute atomic E-state index is 0.210. The van der Waals surface area contributed by atoms with E-state index >= 15 is 0 Å². The Kier molecular flexibility index (Phi) is 6.21. The molecule has 1 heterocycles. The number of hydrogen-bond acceptors (Lipinski definition) is 3. The van der Waals surface area contributed by atoms with Gasteiger partial charge in [0.2, 0.25) is 0 Å². The molecule has 102 valence electrons. The lowest BCUT2D eigenvalue weighted by Crippen LogP contribution is -2.10. The van der Waals surface area contributed by atoms with E-state index in [0.29, 0.717) is 32.1 Å². The summed E-state index contributed by atoms with van der Waals surface area (Å²) in [6.45, 7) is 1.48. The van der Waals surface area contributed by atoms with Gasteiger partial charge in [0.1, 0.15) is 5.82 Å². The molecule has 7 heteroatoms. The van der Waals surface area contributed by atoms with Crippen LogP contribution in [0.4, 0.5) is 19.0 Å². The van der Waals surface area contributed by atoms with E-state index in [2.05, 4.69) is 10.3 Å². The summed E-state index contributed by atoms with van der Waals surface area (Å²) >= 11 is 5.41. The lowest BCUT2D eigenvalue weighted by molar-refractivity contribution is -0.137. The van der Waals surface area contributed by atoms with Crippen molar-refractivity contribution in [1.82, 2.24) is 4.98 Å². The maximum atomic E-state index is 12.4. The Morgan fingerprint density at radius 3 is 2.78 bits per heavy atom. The fraction of sp³-hybridized carbons (Fsp3) is 0.545. The van der Waals surface area contributed by atoms with Gasteiger partial charge in [-0.15, -0.1) is 11.6 Å². The number of nitrogens with one attached hydrogen (secondary N) is 1.